The maximum Gasteiger partial charge on any atom is 0.404 e. The lowest BCUT2D eigenvalue weighted by Crippen LogP contribution is -2.54. The summed E-state index contributed by atoms with van der Waals surface area (Å²) in [6, 6.07) is 27.6. The summed E-state index contributed by atoms with van der Waals surface area (Å²) in [5.41, 5.74) is -1.94. The smallest absolute Gasteiger partial charge is 0.374 e. The summed E-state index contributed by atoms with van der Waals surface area (Å²) in [5, 5.41) is -2.98. The quantitative estimate of drug-likeness (QED) is 0.120. The molecule has 1 aliphatic heterocycles. The average molecular weight is 625 g/mol. The molecule has 3 aromatic rings. The first-order valence-corrected chi connectivity index (χ1v) is 15.7. The van der Waals surface area contributed by atoms with Gasteiger partial charge in [0.15, 0.2) is 0 Å². The predicted molar refractivity (Wildman–Crippen MR) is 155 cm³/mol. The highest BCUT2D eigenvalue weighted by atomic mass is 35.5. The third-order valence-electron chi connectivity index (χ3n) is 6.66. The van der Waals surface area contributed by atoms with Crippen LogP contribution >= 0.6 is 19.2 Å². The van der Waals surface area contributed by atoms with E-state index in [4.69, 9.17) is 39.6 Å². The van der Waals surface area contributed by atoms with E-state index in [0.29, 0.717) is 5.56 Å². The van der Waals surface area contributed by atoms with Gasteiger partial charge in [0, 0.05) is 0 Å². The van der Waals surface area contributed by atoms with Crippen molar-refractivity contribution in [2.24, 2.45) is 0 Å². The molecule has 0 amide bonds. The Labute approximate surface area is 250 Å². The number of rotatable bonds is 16. The number of halogens is 3. The molecule has 1 fully saturated rings. The Morgan fingerprint density at radius 1 is 0.786 bits per heavy atom. The molecule has 228 valence electrons. The minimum atomic E-state index is -5.14. The summed E-state index contributed by atoms with van der Waals surface area (Å²) in [5.74, 6) is 0. The highest BCUT2D eigenvalue weighted by Crippen LogP contribution is 2.69. The average Bonchev–Trinajstić information content (AvgIpc) is 3.28. The Morgan fingerprint density at radius 3 is 1.71 bits per heavy atom. The van der Waals surface area contributed by atoms with Crippen LogP contribution in [-0.4, -0.2) is 48.9 Å². The molecule has 11 heteroatoms. The topological polar surface area (TPSA) is 72.5 Å². The SMILES string of the molecule is CCOP(=O)(OCC)C(F)(F)C1(Cl)O[C@H](COCc2ccccc2)[C@@H](OCc2ccccc2)[C@@H]1OCc1ccccc1. The molecule has 0 radical (unpaired) electrons. The fourth-order valence-electron chi connectivity index (χ4n) is 4.65. The molecular formula is C31H36ClF2O7P. The van der Waals surface area contributed by atoms with Crippen molar-refractivity contribution < 1.29 is 41.3 Å². The van der Waals surface area contributed by atoms with Crippen molar-refractivity contribution in [1.29, 1.82) is 0 Å². The summed E-state index contributed by atoms with van der Waals surface area (Å²) in [7, 11) is -5.14. The normalized spacial score (nSPS) is 22.8. The van der Waals surface area contributed by atoms with Gasteiger partial charge in [0.1, 0.15) is 18.3 Å². The van der Waals surface area contributed by atoms with E-state index in [0.717, 1.165) is 11.1 Å². The zero-order valence-electron chi connectivity index (χ0n) is 23.6. The van der Waals surface area contributed by atoms with Crippen LogP contribution in [0.25, 0.3) is 0 Å². The van der Waals surface area contributed by atoms with E-state index in [1.54, 1.807) is 24.3 Å². The van der Waals surface area contributed by atoms with Gasteiger partial charge in [-0.3, -0.25) is 4.57 Å². The van der Waals surface area contributed by atoms with Gasteiger partial charge < -0.3 is 28.0 Å². The molecule has 0 saturated carbocycles. The van der Waals surface area contributed by atoms with Crippen LogP contribution in [0, 0.1) is 0 Å². The first kappa shape index (κ1) is 32.7. The Bertz CT molecular complexity index is 1260. The van der Waals surface area contributed by atoms with E-state index in [9.17, 15) is 4.57 Å². The van der Waals surface area contributed by atoms with E-state index in [1.807, 2.05) is 66.7 Å². The molecule has 0 spiro atoms. The minimum absolute atomic E-state index is 0.0579. The van der Waals surface area contributed by atoms with Crippen molar-refractivity contribution in [3.8, 4) is 0 Å². The van der Waals surface area contributed by atoms with E-state index in [-0.39, 0.29) is 39.6 Å². The lowest BCUT2D eigenvalue weighted by molar-refractivity contribution is -0.167. The maximum atomic E-state index is 16.5. The van der Waals surface area contributed by atoms with Gasteiger partial charge in [0.05, 0.1) is 39.6 Å². The second-order valence-electron chi connectivity index (χ2n) is 9.65. The van der Waals surface area contributed by atoms with Crippen molar-refractivity contribution in [3.05, 3.63) is 108 Å². The van der Waals surface area contributed by atoms with Crippen molar-refractivity contribution in [2.45, 2.75) is 62.7 Å². The number of hydrogen-bond donors (Lipinski definition) is 0. The number of hydrogen-bond acceptors (Lipinski definition) is 7. The molecule has 4 rings (SSSR count). The second kappa shape index (κ2) is 15.0. The van der Waals surface area contributed by atoms with Crippen LogP contribution in [0.2, 0.25) is 0 Å². The van der Waals surface area contributed by atoms with E-state index >= 15 is 8.78 Å². The summed E-state index contributed by atoms with van der Waals surface area (Å²) in [6.45, 7) is 2.29. The van der Waals surface area contributed by atoms with Gasteiger partial charge in [-0.25, -0.2) is 0 Å². The fourth-order valence-corrected chi connectivity index (χ4v) is 6.89. The first-order valence-electron chi connectivity index (χ1n) is 13.8. The van der Waals surface area contributed by atoms with E-state index in [2.05, 4.69) is 0 Å². The lowest BCUT2D eigenvalue weighted by atomic mass is 10.1. The molecule has 1 saturated heterocycles. The highest BCUT2D eigenvalue weighted by molar-refractivity contribution is 7.55. The molecule has 0 aliphatic carbocycles. The summed E-state index contributed by atoms with van der Waals surface area (Å²) < 4.78 is 80.7. The maximum absolute atomic E-state index is 16.5. The Morgan fingerprint density at radius 2 is 1.24 bits per heavy atom. The van der Waals surface area contributed by atoms with Crippen molar-refractivity contribution in [1.82, 2.24) is 0 Å². The van der Waals surface area contributed by atoms with Gasteiger partial charge >= 0.3 is 13.3 Å². The molecular weight excluding hydrogens is 589 g/mol. The van der Waals surface area contributed by atoms with Gasteiger partial charge in [-0.2, -0.15) is 8.78 Å². The van der Waals surface area contributed by atoms with Crippen LogP contribution < -0.4 is 0 Å². The van der Waals surface area contributed by atoms with Crippen molar-refractivity contribution >= 4 is 19.2 Å². The predicted octanol–water partition coefficient (Wildman–Crippen LogP) is 7.57. The van der Waals surface area contributed by atoms with Gasteiger partial charge in [-0.15, -0.1) is 0 Å². The zero-order valence-corrected chi connectivity index (χ0v) is 25.2. The molecule has 3 aromatic carbocycles. The van der Waals surface area contributed by atoms with Crippen molar-refractivity contribution in [2.75, 3.05) is 19.8 Å². The number of alkyl halides is 3. The Hall–Kier alpha value is -2.20. The molecule has 4 atom stereocenters. The monoisotopic (exact) mass is 624 g/mol. The number of ether oxygens (including phenoxy) is 4. The summed E-state index contributed by atoms with van der Waals surface area (Å²) >= 11 is 6.75. The van der Waals surface area contributed by atoms with Crippen LogP contribution in [0.3, 0.4) is 0 Å². The largest absolute Gasteiger partial charge is 0.404 e. The minimum Gasteiger partial charge on any atom is -0.374 e. The van der Waals surface area contributed by atoms with Crippen LogP contribution in [0.4, 0.5) is 8.78 Å². The van der Waals surface area contributed by atoms with Crippen LogP contribution in [0.5, 0.6) is 0 Å². The standard InChI is InChI=1S/C31H36ClF2O7P/c1-3-39-42(35,40-4-2)31(33,34)30(32)29(38-22-26-18-12-7-13-19-26)28(37-21-25-16-10-6-11-17-25)27(41-30)23-36-20-24-14-8-5-9-15-24/h5-19,27-29H,3-4,20-23H2,1-2H3/t27-,28-,29+,30?/m1/s1. The third kappa shape index (κ3) is 7.47. The first-order chi connectivity index (χ1) is 20.2. The molecule has 0 bridgehead atoms. The van der Waals surface area contributed by atoms with Gasteiger partial charge in [-0.1, -0.05) is 103 Å². The van der Waals surface area contributed by atoms with Gasteiger partial charge in [-0.05, 0) is 30.5 Å². The van der Waals surface area contributed by atoms with Crippen molar-refractivity contribution in [3.63, 3.8) is 0 Å². The fraction of sp³-hybridized carbons (Fsp3) is 0.419. The van der Waals surface area contributed by atoms with Crippen LogP contribution in [0.15, 0.2) is 91.0 Å². The van der Waals surface area contributed by atoms with Gasteiger partial charge in [0.2, 0.25) is 5.06 Å². The van der Waals surface area contributed by atoms with Gasteiger partial charge in [0.25, 0.3) is 0 Å². The zero-order chi connectivity index (χ0) is 30.1. The van der Waals surface area contributed by atoms with E-state index < -0.39 is 36.6 Å². The van der Waals surface area contributed by atoms with Crippen LogP contribution in [-0.2, 0) is 52.4 Å². The third-order valence-corrected chi connectivity index (χ3v) is 9.55. The molecule has 1 heterocycles. The Balaban J connectivity index is 1.68. The lowest BCUT2D eigenvalue weighted by Gasteiger charge is -2.38. The van der Waals surface area contributed by atoms with E-state index in [1.165, 1.54) is 13.8 Å². The molecule has 1 aliphatic rings. The Kier molecular flexibility index (Phi) is 11.7. The molecule has 0 aromatic heterocycles. The molecule has 7 nitrogen and oxygen atoms in total. The highest BCUT2D eigenvalue weighted by Gasteiger charge is 2.76. The van der Waals surface area contributed by atoms with Crippen LogP contribution in [0.1, 0.15) is 30.5 Å². The number of benzene rings is 3. The molecule has 42 heavy (non-hydrogen) atoms. The summed E-state index contributed by atoms with van der Waals surface area (Å²) in [4.78, 5) is 0. The summed E-state index contributed by atoms with van der Waals surface area (Å²) in [6.07, 6.45) is -3.85. The second-order valence-corrected chi connectivity index (χ2v) is 12.3. The molecule has 1 unspecified atom stereocenters. The molecule has 0 N–H and O–H groups in total.